The minimum absolute atomic E-state index is 0.0359. The number of esters is 1. The van der Waals surface area contributed by atoms with Crippen LogP contribution in [-0.4, -0.2) is 56.8 Å². The number of benzene rings is 1. The van der Waals surface area contributed by atoms with Crippen molar-refractivity contribution >= 4 is 5.97 Å². The van der Waals surface area contributed by atoms with E-state index in [9.17, 15) is 4.79 Å². The first-order chi connectivity index (χ1) is 10.2. The summed E-state index contributed by atoms with van der Waals surface area (Å²) in [7, 11) is 0. The van der Waals surface area contributed by atoms with Gasteiger partial charge in [0.25, 0.3) is 0 Å². The number of nitrogens with one attached hydrogen (secondary N) is 1. The molecule has 21 heavy (non-hydrogen) atoms. The number of carbonyl (C=O) groups is 1. The van der Waals surface area contributed by atoms with Crippen LogP contribution in [0.1, 0.15) is 11.1 Å². The van der Waals surface area contributed by atoms with Gasteiger partial charge in [0.05, 0.1) is 0 Å². The van der Waals surface area contributed by atoms with Crippen molar-refractivity contribution in [3.63, 3.8) is 0 Å². The molecular formula is C16H24N2O3. The second-order valence-corrected chi connectivity index (χ2v) is 5.30. The molecule has 0 atom stereocenters. The van der Waals surface area contributed by atoms with Crippen LogP contribution in [0, 0.1) is 13.8 Å². The van der Waals surface area contributed by atoms with Crippen molar-refractivity contribution < 1.29 is 14.3 Å². The normalized spacial score (nSPS) is 15.7. The van der Waals surface area contributed by atoms with Gasteiger partial charge in [0, 0.05) is 32.7 Å². The van der Waals surface area contributed by atoms with Crippen molar-refractivity contribution in [2.45, 2.75) is 13.8 Å². The zero-order valence-corrected chi connectivity index (χ0v) is 12.9. The van der Waals surface area contributed by atoms with E-state index in [1.54, 1.807) is 0 Å². The van der Waals surface area contributed by atoms with E-state index in [1.807, 2.05) is 32.0 Å². The van der Waals surface area contributed by atoms with Crippen molar-refractivity contribution in [1.82, 2.24) is 10.2 Å². The number of piperazine rings is 1. The monoisotopic (exact) mass is 292 g/mol. The standard InChI is InChI=1S/C16H24N2O3/c1-13-4-3-5-15(14(13)2)21-12-16(19)20-11-10-18-8-6-17-7-9-18/h3-5,17H,6-12H2,1-2H3. The maximum absolute atomic E-state index is 11.7. The van der Waals surface area contributed by atoms with E-state index >= 15 is 0 Å². The van der Waals surface area contributed by atoms with Gasteiger partial charge in [-0.05, 0) is 31.0 Å². The van der Waals surface area contributed by atoms with Gasteiger partial charge in [-0.1, -0.05) is 12.1 Å². The molecule has 0 spiro atoms. The molecule has 5 heteroatoms. The molecule has 1 aromatic carbocycles. The lowest BCUT2D eigenvalue weighted by atomic mass is 10.1. The molecule has 0 amide bonds. The Balaban J connectivity index is 1.66. The van der Waals surface area contributed by atoms with Crippen molar-refractivity contribution in [1.29, 1.82) is 0 Å². The fourth-order valence-electron chi connectivity index (χ4n) is 2.28. The summed E-state index contributed by atoms with van der Waals surface area (Å²) in [5, 5.41) is 3.29. The maximum Gasteiger partial charge on any atom is 0.344 e. The predicted octanol–water partition coefficient (Wildman–Crippen LogP) is 1.13. The van der Waals surface area contributed by atoms with Gasteiger partial charge in [-0.2, -0.15) is 0 Å². The van der Waals surface area contributed by atoms with Crippen LogP contribution in [0.5, 0.6) is 5.75 Å². The first-order valence-electron chi connectivity index (χ1n) is 7.44. The number of aryl methyl sites for hydroxylation is 1. The third-order valence-corrected chi connectivity index (χ3v) is 3.78. The number of ether oxygens (including phenoxy) is 2. The van der Waals surface area contributed by atoms with Crippen molar-refractivity contribution in [2.75, 3.05) is 45.9 Å². The fraction of sp³-hybridized carbons (Fsp3) is 0.562. The molecular weight excluding hydrogens is 268 g/mol. The summed E-state index contributed by atoms with van der Waals surface area (Å²) < 4.78 is 10.7. The smallest absolute Gasteiger partial charge is 0.344 e. The average Bonchev–Trinajstić information content (AvgIpc) is 2.50. The first-order valence-corrected chi connectivity index (χ1v) is 7.44. The van der Waals surface area contributed by atoms with Gasteiger partial charge in [-0.15, -0.1) is 0 Å². The van der Waals surface area contributed by atoms with Gasteiger partial charge in [0.15, 0.2) is 6.61 Å². The van der Waals surface area contributed by atoms with Crippen molar-refractivity contribution in [2.24, 2.45) is 0 Å². The molecule has 0 aromatic heterocycles. The van der Waals surface area contributed by atoms with Crippen LogP contribution in [0.4, 0.5) is 0 Å². The van der Waals surface area contributed by atoms with Crippen LogP contribution in [0.25, 0.3) is 0 Å². The van der Waals surface area contributed by atoms with Crippen LogP contribution >= 0.6 is 0 Å². The predicted molar refractivity (Wildman–Crippen MR) is 81.7 cm³/mol. The minimum atomic E-state index is -0.314. The highest BCUT2D eigenvalue weighted by molar-refractivity contribution is 5.71. The first kappa shape index (κ1) is 15.8. The third-order valence-electron chi connectivity index (χ3n) is 3.78. The second-order valence-electron chi connectivity index (χ2n) is 5.30. The van der Waals surface area contributed by atoms with Crippen LogP contribution in [-0.2, 0) is 9.53 Å². The lowest BCUT2D eigenvalue weighted by Crippen LogP contribution is -2.44. The zero-order valence-electron chi connectivity index (χ0n) is 12.9. The summed E-state index contributed by atoms with van der Waals surface area (Å²) in [6.07, 6.45) is 0. The van der Waals surface area contributed by atoms with Crippen LogP contribution < -0.4 is 10.1 Å². The molecule has 0 unspecified atom stereocenters. The Morgan fingerprint density at radius 1 is 1.29 bits per heavy atom. The summed E-state index contributed by atoms with van der Waals surface area (Å²) in [4.78, 5) is 14.0. The SMILES string of the molecule is Cc1cccc(OCC(=O)OCCN2CCNCC2)c1C. The van der Waals surface area contributed by atoms with E-state index < -0.39 is 0 Å². The van der Waals surface area contributed by atoms with Crippen molar-refractivity contribution in [3.8, 4) is 5.75 Å². The lowest BCUT2D eigenvalue weighted by Gasteiger charge is -2.26. The molecule has 5 nitrogen and oxygen atoms in total. The highest BCUT2D eigenvalue weighted by Gasteiger charge is 2.11. The molecule has 1 aliphatic heterocycles. The second kappa shape index (κ2) is 8.00. The van der Waals surface area contributed by atoms with Gasteiger partial charge >= 0.3 is 5.97 Å². The summed E-state index contributed by atoms with van der Waals surface area (Å²) in [5.74, 6) is 0.431. The summed E-state index contributed by atoms with van der Waals surface area (Å²) in [6.45, 7) is 9.21. The number of hydrogen-bond donors (Lipinski definition) is 1. The largest absolute Gasteiger partial charge is 0.482 e. The van der Waals surface area contributed by atoms with E-state index in [0.717, 1.165) is 49.6 Å². The number of carbonyl (C=O) groups excluding carboxylic acids is 1. The molecule has 1 fully saturated rings. The van der Waals surface area contributed by atoms with Gasteiger partial charge < -0.3 is 14.8 Å². The Morgan fingerprint density at radius 3 is 2.81 bits per heavy atom. The van der Waals surface area contributed by atoms with E-state index in [2.05, 4.69) is 10.2 Å². The number of nitrogens with zero attached hydrogens (tertiary/aromatic N) is 1. The minimum Gasteiger partial charge on any atom is -0.482 e. The summed E-state index contributed by atoms with van der Waals surface area (Å²) >= 11 is 0. The molecule has 0 aliphatic carbocycles. The Kier molecular flexibility index (Phi) is 6.02. The zero-order chi connectivity index (χ0) is 15.1. The van der Waals surface area contributed by atoms with Gasteiger partial charge in [0.2, 0.25) is 0 Å². The molecule has 1 saturated heterocycles. The van der Waals surface area contributed by atoms with Crippen LogP contribution in [0.15, 0.2) is 18.2 Å². The Labute approximate surface area is 126 Å². The Bertz CT molecular complexity index is 471. The average molecular weight is 292 g/mol. The Hall–Kier alpha value is -1.59. The maximum atomic E-state index is 11.7. The molecule has 0 saturated carbocycles. The molecule has 1 aliphatic rings. The van der Waals surface area contributed by atoms with Gasteiger partial charge in [0.1, 0.15) is 12.4 Å². The van der Waals surface area contributed by atoms with Gasteiger partial charge in [-0.25, -0.2) is 4.79 Å². The number of rotatable bonds is 6. The molecule has 116 valence electrons. The van der Waals surface area contributed by atoms with Crippen molar-refractivity contribution in [3.05, 3.63) is 29.3 Å². The highest BCUT2D eigenvalue weighted by atomic mass is 16.6. The van der Waals surface area contributed by atoms with E-state index in [0.29, 0.717) is 6.61 Å². The number of hydrogen-bond acceptors (Lipinski definition) is 5. The fourth-order valence-corrected chi connectivity index (χ4v) is 2.28. The molecule has 1 N–H and O–H groups in total. The molecule has 0 radical (unpaired) electrons. The third kappa shape index (κ3) is 5.02. The molecule has 1 heterocycles. The van der Waals surface area contributed by atoms with Gasteiger partial charge in [-0.3, -0.25) is 4.90 Å². The summed E-state index contributed by atoms with van der Waals surface area (Å²) in [5.41, 5.74) is 2.21. The van der Waals surface area contributed by atoms with E-state index in [-0.39, 0.29) is 12.6 Å². The van der Waals surface area contributed by atoms with E-state index in [4.69, 9.17) is 9.47 Å². The Morgan fingerprint density at radius 2 is 2.05 bits per heavy atom. The lowest BCUT2D eigenvalue weighted by molar-refractivity contribution is -0.146. The topological polar surface area (TPSA) is 50.8 Å². The molecule has 0 bridgehead atoms. The molecule has 1 aromatic rings. The van der Waals surface area contributed by atoms with E-state index in [1.165, 1.54) is 0 Å². The summed E-state index contributed by atoms with van der Waals surface area (Å²) in [6, 6.07) is 5.82. The van der Waals surface area contributed by atoms with Crippen LogP contribution in [0.3, 0.4) is 0 Å². The highest BCUT2D eigenvalue weighted by Crippen LogP contribution is 2.20. The quantitative estimate of drug-likeness (QED) is 0.797. The van der Waals surface area contributed by atoms with Crippen LogP contribution in [0.2, 0.25) is 0 Å². The molecule has 2 rings (SSSR count).